The van der Waals surface area contributed by atoms with Crippen LogP contribution in [0.4, 0.5) is 19.0 Å². The highest BCUT2D eigenvalue weighted by Gasteiger charge is 2.34. The summed E-state index contributed by atoms with van der Waals surface area (Å²) in [6.45, 7) is 9.15. The number of hydrogen-bond acceptors (Lipinski definition) is 6. The van der Waals surface area contributed by atoms with Crippen molar-refractivity contribution in [3.05, 3.63) is 24.7 Å². The minimum atomic E-state index is -4.63. The number of nitrogens with two attached hydrogens (primary N) is 1. The molecule has 0 aromatic carbocycles. The van der Waals surface area contributed by atoms with Gasteiger partial charge in [0.1, 0.15) is 12.1 Å². The van der Waals surface area contributed by atoms with Gasteiger partial charge in [-0.1, -0.05) is 20.4 Å². The lowest BCUT2D eigenvalue weighted by Crippen LogP contribution is -2.38. The van der Waals surface area contributed by atoms with Crippen LogP contribution in [-0.4, -0.2) is 56.5 Å². The summed E-state index contributed by atoms with van der Waals surface area (Å²) in [5, 5.41) is 7.52. The van der Waals surface area contributed by atoms with E-state index < -0.39 is 19.0 Å². The highest BCUT2D eigenvalue weighted by Crippen LogP contribution is 2.22. The smallest absolute Gasteiger partial charge is 0.383 e. The molecule has 1 saturated heterocycles. The number of aryl methyl sites for hydroxylation is 1. The fourth-order valence-electron chi connectivity index (χ4n) is 2.63. The number of halogens is 3. The van der Waals surface area contributed by atoms with Crippen molar-refractivity contribution in [2.75, 3.05) is 18.9 Å². The van der Waals surface area contributed by atoms with Crippen LogP contribution >= 0.6 is 0 Å². The van der Waals surface area contributed by atoms with E-state index in [1.165, 1.54) is 11.2 Å². The average Bonchev–Trinajstić information content (AvgIpc) is 3.28. The fourth-order valence-corrected chi connectivity index (χ4v) is 2.63. The van der Waals surface area contributed by atoms with Gasteiger partial charge in [-0.3, -0.25) is 14.6 Å². The van der Waals surface area contributed by atoms with E-state index in [4.69, 9.17) is 5.73 Å². The number of ether oxygens (including phenoxy) is 1. The SMILES string of the molecule is C=CC(=O)N1CCCC1COC(F)(F)F.CC.Cc1[nH]nc2ncnc(N)c12. The maximum atomic E-state index is 11.8. The Morgan fingerprint density at radius 1 is 1.46 bits per heavy atom. The van der Waals surface area contributed by atoms with Gasteiger partial charge in [0.15, 0.2) is 5.65 Å². The Balaban J connectivity index is 0.000000266. The van der Waals surface area contributed by atoms with E-state index in [1.54, 1.807) is 0 Å². The first kappa shape index (κ1) is 23.3. The van der Waals surface area contributed by atoms with E-state index in [0.29, 0.717) is 30.9 Å². The van der Waals surface area contributed by atoms with Crippen molar-refractivity contribution < 1.29 is 22.7 Å². The molecule has 28 heavy (non-hydrogen) atoms. The van der Waals surface area contributed by atoms with Crippen molar-refractivity contribution >= 4 is 22.8 Å². The van der Waals surface area contributed by atoms with Crippen molar-refractivity contribution in [2.45, 2.75) is 46.0 Å². The van der Waals surface area contributed by atoms with Crippen molar-refractivity contribution in [1.82, 2.24) is 25.1 Å². The van der Waals surface area contributed by atoms with Crippen LogP contribution in [0, 0.1) is 6.92 Å². The number of alkyl halides is 3. The maximum absolute atomic E-state index is 11.8. The quantitative estimate of drug-likeness (QED) is 0.764. The molecule has 11 heteroatoms. The second kappa shape index (κ2) is 10.6. The van der Waals surface area contributed by atoms with Crippen LogP contribution in [0.2, 0.25) is 0 Å². The van der Waals surface area contributed by atoms with Gasteiger partial charge < -0.3 is 10.6 Å². The molecule has 3 N–H and O–H groups in total. The van der Waals surface area contributed by atoms with E-state index in [9.17, 15) is 18.0 Å². The number of H-pyrrole nitrogens is 1. The highest BCUT2D eigenvalue weighted by atomic mass is 19.4. The first-order chi connectivity index (χ1) is 13.2. The lowest BCUT2D eigenvalue weighted by molar-refractivity contribution is -0.327. The lowest BCUT2D eigenvalue weighted by atomic mass is 10.2. The third-order valence-electron chi connectivity index (χ3n) is 3.84. The molecule has 0 spiro atoms. The molecular weight excluding hydrogens is 377 g/mol. The number of fused-ring (bicyclic) bond motifs is 1. The number of anilines is 1. The Bertz CT molecular complexity index is 778. The lowest BCUT2D eigenvalue weighted by Gasteiger charge is -2.23. The van der Waals surface area contributed by atoms with Crippen LogP contribution in [0.3, 0.4) is 0 Å². The van der Waals surface area contributed by atoms with Crippen molar-refractivity contribution in [2.24, 2.45) is 0 Å². The summed E-state index contributed by atoms with van der Waals surface area (Å²) in [4.78, 5) is 20.4. The zero-order chi connectivity index (χ0) is 21.3. The summed E-state index contributed by atoms with van der Waals surface area (Å²) >= 11 is 0. The largest absolute Gasteiger partial charge is 0.522 e. The Morgan fingerprint density at radius 3 is 2.71 bits per heavy atom. The zero-order valence-electron chi connectivity index (χ0n) is 16.1. The Hall–Kier alpha value is -2.69. The monoisotopic (exact) mass is 402 g/mol. The van der Waals surface area contributed by atoms with E-state index in [-0.39, 0.29) is 5.91 Å². The van der Waals surface area contributed by atoms with Gasteiger partial charge in [0.25, 0.3) is 0 Å². The summed E-state index contributed by atoms with van der Waals surface area (Å²) in [7, 11) is 0. The molecule has 1 aliphatic rings. The van der Waals surface area contributed by atoms with Crippen LogP contribution in [0.5, 0.6) is 0 Å². The molecule has 8 nitrogen and oxygen atoms in total. The van der Waals surface area contributed by atoms with Crippen LogP contribution in [0.15, 0.2) is 19.0 Å². The van der Waals surface area contributed by atoms with Crippen molar-refractivity contribution in [3.8, 4) is 0 Å². The summed E-state index contributed by atoms with van der Waals surface area (Å²) < 4.78 is 39.0. The number of carbonyl (C=O) groups excluding carboxylic acids is 1. The van der Waals surface area contributed by atoms with Gasteiger partial charge in [-0.2, -0.15) is 5.10 Å². The molecular formula is C17H25F3N6O2. The van der Waals surface area contributed by atoms with Gasteiger partial charge in [-0.15, -0.1) is 13.2 Å². The summed E-state index contributed by atoms with van der Waals surface area (Å²) in [6.07, 6.45) is -0.892. The van der Waals surface area contributed by atoms with Gasteiger partial charge in [-0.05, 0) is 25.8 Å². The average molecular weight is 402 g/mol. The molecule has 2 aromatic rings. The molecule has 0 aliphatic carbocycles. The van der Waals surface area contributed by atoms with E-state index in [0.717, 1.165) is 17.2 Å². The van der Waals surface area contributed by atoms with E-state index in [1.807, 2.05) is 20.8 Å². The summed E-state index contributed by atoms with van der Waals surface area (Å²) in [5.74, 6) is 0.129. The zero-order valence-corrected chi connectivity index (χ0v) is 16.1. The number of nitrogens with zero attached hydrogens (tertiary/aromatic N) is 4. The molecule has 2 aromatic heterocycles. The third kappa shape index (κ3) is 6.48. The number of carbonyl (C=O) groups is 1. The number of amides is 1. The molecule has 3 heterocycles. The van der Waals surface area contributed by atoms with E-state index >= 15 is 0 Å². The van der Waals surface area contributed by atoms with Crippen molar-refractivity contribution in [3.63, 3.8) is 0 Å². The predicted molar refractivity (Wildman–Crippen MR) is 99.1 cm³/mol. The fraction of sp³-hybridized carbons (Fsp3) is 0.529. The Morgan fingerprint density at radius 2 is 2.14 bits per heavy atom. The van der Waals surface area contributed by atoms with Gasteiger partial charge in [0, 0.05) is 12.2 Å². The minimum absolute atomic E-state index is 0.344. The Kier molecular flexibility index (Phi) is 8.83. The molecule has 156 valence electrons. The molecule has 0 saturated carbocycles. The highest BCUT2D eigenvalue weighted by molar-refractivity contribution is 5.87. The maximum Gasteiger partial charge on any atom is 0.522 e. The van der Waals surface area contributed by atoms with Gasteiger partial charge >= 0.3 is 6.36 Å². The molecule has 1 atom stereocenters. The van der Waals surface area contributed by atoms with E-state index in [2.05, 4.69) is 31.5 Å². The number of hydrogen-bond donors (Lipinski definition) is 2. The first-order valence-electron chi connectivity index (χ1n) is 8.77. The molecule has 1 fully saturated rings. The topological polar surface area (TPSA) is 110 Å². The van der Waals surface area contributed by atoms with Crippen LogP contribution in [0.25, 0.3) is 11.0 Å². The number of rotatable bonds is 3. The van der Waals surface area contributed by atoms with Crippen LogP contribution in [0.1, 0.15) is 32.4 Å². The molecule has 0 radical (unpaired) electrons. The minimum Gasteiger partial charge on any atom is -0.383 e. The second-order valence-electron chi connectivity index (χ2n) is 5.59. The number of nitrogen functional groups attached to an aromatic ring is 1. The third-order valence-corrected chi connectivity index (χ3v) is 3.84. The van der Waals surface area contributed by atoms with Gasteiger partial charge in [0.2, 0.25) is 5.91 Å². The summed E-state index contributed by atoms with van der Waals surface area (Å²) in [6, 6.07) is -0.489. The Labute approximate surface area is 161 Å². The number of aromatic nitrogens is 4. The van der Waals surface area contributed by atoms with Crippen LogP contribution in [-0.2, 0) is 9.53 Å². The summed E-state index contributed by atoms with van der Waals surface area (Å²) in [5.41, 5.74) is 7.11. The standard InChI is InChI=1S/C9H12F3NO2.C6H7N5.C2H6/c1-2-8(14)13-5-3-4-7(13)6-15-9(10,11)12;1-3-4-5(7)8-2-9-6(4)11-10-3;1-2/h2,7H,1,3-6H2;2H,1H3,(H3,7,8,9,10,11);1-2H3. The van der Waals surface area contributed by atoms with Crippen LogP contribution < -0.4 is 5.73 Å². The molecule has 1 unspecified atom stereocenters. The first-order valence-corrected chi connectivity index (χ1v) is 8.77. The number of nitrogens with one attached hydrogen (secondary N) is 1. The van der Waals surface area contributed by atoms with Gasteiger partial charge in [-0.25, -0.2) is 9.97 Å². The molecule has 3 rings (SSSR count). The second-order valence-corrected chi connectivity index (χ2v) is 5.59. The van der Waals surface area contributed by atoms with Crippen molar-refractivity contribution in [1.29, 1.82) is 0 Å². The molecule has 0 bridgehead atoms. The number of aromatic amines is 1. The normalized spacial score (nSPS) is 16.1. The molecule has 1 amide bonds. The predicted octanol–water partition coefficient (Wildman–Crippen LogP) is 2.97. The molecule has 1 aliphatic heterocycles. The number of likely N-dealkylation sites (tertiary alicyclic amines) is 1. The van der Waals surface area contributed by atoms with Gasteiger partial charge in [0.05, 0.1) is 18.0 Å².